The molecule has 2 heterocycles. The molecule has 0 aliphatic carbocycles. The summed E-state index contributed by atoms with van der Waals surface area (Å²) in [4.78, 5) is 27.6. The number of hydrogen-bond donors (Lipinski definition) is 0. The van der Waals surface area contributed by atoms with Gasteiger partial charge in [-0.05, 0) is 55.4 Å². The Balaban J connectivity index is 1.37. The van der Waals surface area contributed by atoms with Gasteiger partial charge in [0.2, 0.25) is 0 Å². The zero-order valence-corrected chi connectivity index (χ0v) is 17.0. The van der Waals surface area contributed by atoms with Gasteiger partial charge in [0.05, 0.1) is 11.6 Å². The molecule has 0 radical (unpaired) electrons. The van der Waals surface area contributed by atoms with E-state index in [1.165, 1.54) is 0 Å². The number of fused-ring (bicyclic) bond motifs is 2. The highest BCUT2D eigenvalue weighted by Crippen LogP contribution is 2.38. The lowest BCUT2D eigenvalue weighted by atomic mass is 9.76. The Morgan fingerprint density at radius 2 is 1.63 bits per heavy atom. The molecule has 2 atom stereocenters. The number of nitrogens with zero attached hydrogens (tertiary/aromatic N) is 2. The first-order valence-corrected chi connectivity index (χ1v) is 10.6. The topological polar surface area (TPSA) is 70.4 Å². The van der Waals surface area contributed by atoms with Gasteiger partial charge in [-0.3, -0.25) is 4.79 Å². The first-order chi connectivity index (χ1) is 14.6. The van der Waals surface area contributed by atoms with E-state index < -0.39 is 0 Å². The van der Waals surface area contributed by atoms with Gasteiger partial charge in [-0.15, -0.1) is 0 Å². The number of amides is 1. The highest BCUT2D eigenvalue weighted by Gasteiger charge is 2.43. The summed E-state index contributed by atoms with van der Waals surface area (Å²) in [7, 11) is 0. The van der Waals surface area contributed by atoms with Crippen molar-refractivity contribution >= 4 is 11.9 Å². The molecule has 2 unspecified atom stereocenters. The molecule has 154 valence electrons. The third kappa shape index (κ3) is 4.54. The maximum Gasteiger partial charge on any atom is 0.410 e. The fourth-order valence-corrected chi connectivity index (χ4v) is 4.78. The molecular weight excluding hydrogens is 376 g/mol. The summed E-state index contributed by atoms with van der Waals surface area (Å²) in [5, 5.41) is 8.92. The summed E-state index contributed by atoms with van der Waals surface area (Å²) in [6.07, 6.45) is 4.50. The van der Waals surface area contributed by atoms with Crippen LogP contribution in [0.3, 0.4) is 0 Å². The van der Waals surface area contributed by atoms with Crippen molar-refractivity contribution in [2.75, 3.05) is 0 Å². The molecule has 2 bridgehead atoms. The van der Waals surface area contributed by atoms with Crippen molar-refractivity contribution in [3.05, 3.63) is 71.3 Å². The SMILES string of the molecule is N#Cc1ccc(CC(=O)C2CC3CCCC(C2)N3C(=O)OCc2ccccc2)cc1. The van der Waals surface area contributed by atoms with E-state index in [9.17, 15) is 9.59 Å². The minimum Gasteiger partial charge on any atom is -0.445 e. The van der Waals surface area contributed by atoms with Gasteiger partial charge in [-0.25, -0.2) is 4.79 Å². The largest absolute Gasteiger partial charge is 0.445 e. The lowest BCUT2D eigenvalue weighted by Crippen LogP contribution is -2.55. The van der Waals surface area contributed by atoms with Crippen molar-refractivity contribution in [2.24, 2.45) is 5.92 Å². The first-order valence-electron chi connectivity index (χ1n) is 10.6. The minimum atomic E-state index is -0.258. The monoisotopic (exact) mass is 402 g/mol. The van der Waals surface area contributed by atoms with E-state index >= 15 is 0 Å². The molecule has 0 spiro atoms. The van der Waals surface area contributed by atoms with Crippen LogP contribution in [0.1, 0.15) is 48.8 Å². The van der Waals surface area contributed by atoms with Gasteiger partial charge >= 0.3 is 6.09 Å². The van der Waals surface area contributed by atoms with Gasteiger partial charge in [-0.1, -0.05) is 42.5 Å². The number of carbonyl (C=O) groups excluding carboxylic acids is 2. The molecule has 1 amide bonds. The molecule has 2 aromatic carbocycles. The molecule has 2 aromatic rings. The highest BCUT2D eigenvalue weighted by atomic mass is 16.6. The minimum absolute atomic E-state index is 0.0193. The van der Waals surface area contributed by atoms with Crippen LogP contribution in [0.4, 0.5) is 4.79 Å². The number of piperidine rings is 2. The summed E-state index contributed by atoms with van der Waals surface area (Å²) >= 11 is 0. The van der Waals surface area contributed by atoms with Crippen LogP contribution >= 0.6 is 0 Å². The second-order valence-electron chi connectivity index (χ2n) is 8.31. The number of ether oxygens (including phenoxy) is 1. The van der Waals surface area contributed by atoms with E-state index in [1.807, 2.05) is 47.4 Å². The number of benzene rings is 2. The summed E-state index contributed by atoms with van der Waals surface area (Å²) in [5.41, 5.74) is 2.51. The fraction of sp³-hybridized carbons (Fsp3) is 0.400. The van der Waals surface area contributed by atoms with E-state index in [0.717, 1.165) is 30.4 Å². The first kappa shape index (κ1) is 20.2. The van der Waals surface area contributed by atoms with E-state index in [-0.39, 0.29) is 36.5 Å². The van der Waals surface area contributed by atoms with E-state index in [4.69, 9.17) is 10.00 Å². The lowest BCUT2D eigenvalue weighted by molar-refractivity contribution is -0.126. The van der Waals surface area contributed by atoms with Crippen LogP contribution in [-0.2, 0) is 22.6 Å². The smallest absolute Gasteiger partial charge is 0.410 e. The van der Waals surface area contributed by atoms with Crippen LogP contribution in [-0.4, -0.2) is 28.9 Å². The number of rotatable bonds is 5. The molecule has 5 nitrogen and oxygen atoms in total. The Hall–Kier alpha value is -3.13. The second-order valence-corrected chi connectivity index (χ2v) is 8.31. The summed E-state index contributed by atoms with van der Waals surface area (Å²) in [6, 6.07) is 19.2. The molecule has 2 fully saturated rings. The summed E-state index contributed by atoms with van der Waals surface area (Å²) < 4.78 is 5.59. The van der Waals surface area contributed by atoms with Gasteiger partial charge in [0.1, 0.15) is 12.4 Å². The third-order valence-corrected chi connectivity index (χ3v) is 6.31. The van der Waals surface area contributed by atoms with Crippen molar-refractivity contribution in [2.45, 2.75) is 57.2 Å². The van der Waals surface area contributed by atoms with E-state index in [1.54, 1.807) is 12.1 Å². The van der Waals surface area contributed by atoms with Crippen LogP contribution in [0.15, 0.2) is 54.6 Å². The summed E-state index contributed by atoms with van der Waals surface area (Å²) in [5.74, 6) is 0.211. The molecule has 2 aliphatic rings. The predicted molar refractivity (Wildman–Crippen MR) is 112 cm³/mol. The quantitative estimate of drug-likeness (QED) is 0.730. The van der Waals surface area contributed by atoms with Gasteiger partial charge in [0.25, 0.3) is 0 Å². The lowest BCUT2D eigenvalue weighted by Gasteiger charge is -2.47. The maximum absolute atomic E-state index is 12.9. The Labute approximate surface area is 177 Å². The zero-order chi connectivity index (χ0) is 20.9. The molecular formula is C25H26N2O3. The Morgan fingerprint density at radius 3 is 2.27 bits per heavy atom. The predicted octanol–water partition coefficient (Wildman–Crippen LogP) is 4.64. The number of hydrogen-bond acceptors (Lipinski definition) is 4. The third-order valence-electron chi connectivity index (χ3n) is 6.31. The number of nitriles is 1. The van der Waals surface area contributed by atoms with Crippen molar-refractivity contribution in [3.63, 3.8) is 0 Å². The Bertz CT molecular complexity index is 919. The number of ketones is 1. The molecule has 2 aliphatic heterocycles. The molecule has 5 heteroatoms. The second kappa shape index (κ2) is 9.13. The van der Waals surface area contributed by atoms with Crippen LogP contribution in [0.25, 0.3) is 0 Å². The van der Waals surface area contributed by atoms with Gasteiger partial charge in [-0.2, -0.15) is 5.26 Å². The molecule has 2 saturated heterocycles. The van der Waals surface area contributed by atoms with Crippen molar-refractivity contribution in [1.82, 2.24) is 4.90 Å². The fourth-order valence-electron chi connectivity index (χ4n) is 4.78. The molecule has 30 heavy (non-hydrogen) atoms. The molecule has 4 rings (SSSR count). The van der Waals surface area contributed by atoms with E-state index in [0.29, 0.717) is 24.8 Å². The Kier molecular flexibility index (Phi) is 6.13. The van der Waals surface area contributed by atoms with Crippen LogP contribution < -0.4 is 0 Å². The normalized spacial score (nSPS) is 22.8. The van der Waals surface area contributed by atoms with Crippen molar-refractivity contribution < 1.29 is 14.3 Å². The Morgan fingerprint density at radius 1 is 0.967 bits per heavy atom. The standard InChI is InChI=1S/C25H26N2O3/c26-16-19-11-9-18(10-12-19)13-24(28)21-14-22-7-4-8-23(15-21)27(22)25(29)30-17-20-5-2-1-3-6-20/h1-3,5-6,9-12,21-23H,4,7-8,13-15,17H2. The number of Topliss-reactive ketones (excluding diaryl/α,β-unsaturated/α-hetero) is 1. The van der Waals surface area contributed by atoms with Crippen molar-refractivity contribution in [3.8, 4) is 6.07 Å². The van der Waals surface area contributed by atoms with Gasteiger partial charge in [0, 0.05) is 24.4 Å². The average molecular weight is 402 g/mol. The maximum atomic E-state index is 12.9. The van der Waals surface area contributed by atoms with E-state index in [2.05, 4.69) is 6.07 Å². The molecule has 0 saturated carbocycles. The zero-order valence-electron chi connectivity index (χ0n) is 17.0. The van der Waals surface area contributed by atoms with Crippen LogP contribution in [0, 0.1) is 17.2 Å². The van der Waals surface area contributed by atoms with Gasteiger partial charge in [0.15, 0.2) is 0 Å². The average Bonchev–Trinajstić information content (AvgIpc) is 2.77. The highest BCUT2D eigenvalue weighted by molar-refractivity contribution is 5.84. The summed E-state index contributed by atoms with van der Waals surface area (Å²) in [6.45, 7) is 0.274. The van der Waals surface area contributed by atoms with Crippen LogP contribution in [0.5, 0.6) is 0 Å². The van der Waals surface area contributed by atoms with Crippen molar-refractivity contribution in [1.29, 1.82) is 5.26 Å². The number of carbonyl (C=O) groups is 2. The van der Waals surface area contributed by atoms with Crippen LogP contribution in [0.2, 0.25) is 0 Å². The molecule has 0 N–H and O–H groups in total. The van der Waals surface area contributed by atoms with Gasteiger partial charge < -0.3 is 9.64 Å². The molecule has 0 aromatic heterocycles.